The first-order valence-electron chi connectivity index (χ1n) is 19.7. The van der Waals surface area contributed by atoms with Crippen LogP contribution in [0.1, 0.15) is 128 Å². The first-order valence-corrected chi connectivity index (χ1v) is 19.7. The lowest BCUT2D eigenvalue weighted by molar-refractivity contribution is -0.921. The Morgan fingerprint density at radius 3 is 1.14 bits per heavy atom. The molecule has 0 aromatic heterocycles. The van der Waals surface area contributed by atoms with Crippen LogP contribution in [0.3, 0.4) is 0 Å². The molecule has 0 saturated heterocycles. The van der Waals surface area contributed by atoms with Crippen molar-refractivity contribution in [2.45, 2.75) is 124 Å². The van der Waals surface area contributed by atoms with Gasteiger partial charge < -0.3 is 18.7 Å². The SMILES string of the molecule is CCCCCCCCCCCCC(B(Cc1ccc(OC)cc1)Cc1ccc(OC)cc1)c1ccc(OC)cc1.CC[N+](CC)(CC)CC. The second-order valence-electron chi connectivity index (χ2n) is 13.8. The van der Waals surface area contributed by atoms with E-state index in [9.17, 15) is 0 Å². The van der Waals surface area contributed by atoms with Crippen LogP contribution in [0.5, 0.6) is 17.2 Å². The highest BCUT2D eigenvalue weighted by Gasteiger charge is 2.27. The van der Waals surface area contributed by atoms with Crippen LogP contribution in [-0.4, -0.2) is 58.7 Å². The van der Waals surface area contributed by atoms with Crippen LogP contribution in [0, 0.1) is 0 Å². The predicted octanol–water partition coefficient (Wildman–Crippen LogP) is 11.6. The van der Waals surface area contributed by atoms with Gasteiger partial charge >= 0.3 is 0 Å². The summed E-state index contributed by atoms with van der Waals surface area (Å²) in [6, 6.07) is 26.1. The van der Waals surface area contributed by atoms with E-state index in [1.807, 2.05) is 0 Å². The number of methoxy groups -OCH3 is 3. The molecule has 0 spiro atoms. The number of unbranched alkanes of at least 4 members (excludes halogenated alkanes) is 9. The van der Waals surface area contributed by atoms with Crippen molar-refractivity contribution in [1.82, 2.24) is 0 Å². The van der Waals surface area contributed by atoms with Gasteiger partial charge in [0.05, 0.1) is 47.5 Å². The van der Waals surface area contributed by atoms with E-state index < -0.39 is 0 Å². The minimum absolute atomic E-state index is 0.476. The topological polar surface area (TPSA) is 27.7 Å². The van der Waals surface area contributed by atoms with Gasteiger partial charge in [-0.25, -0.2) is 0 Å². The molecule has 1 atom stereocenters. The second-order valence-corrected chi connectivity index (χ2v) is 13.8. The average Bonchev–Trinajstić information content (AvgIpc) is 3.16. The third kappa shape index (κ3) is 15.7. The van der Waals surface area contributed by atoms with Crippen molar-refractivity contribution < 1.29 is 18.7 Å². The van der Waals surface area contributed by atoms with Crippen molar-refractivity contribution in [2.75, 3.05) is 47.5 Å². The molecule has 0 aliphatic rings. The third-order valence-corrected chi connectivity index (χ3v) is 11.0. The van der Waals surface area contributed by atoms with Gasteiger partial charge in [-0.05, 0) is 82.6 Å². The largest absolute Gasteiger partial charge is 0.497 e. The van der Waals surface area contributed by atoms with E-state index in [0.29, 0.717) is 12.5 Å². The van der Waals surface area contributed by atoms with E-state index in [0.717, 1.165) is 29.9 Å². The Balaban J connectivity index is 0.000000811. The fourth-order valence-electron chi connectivity index (χ4n) is 7.20. The molecule has 0 radical (unpaired) electrons. The third-order valence-electron chi connectivity index (χ3n) is 11.0. The average molecular weight is 673 g/mol. The van der Waals surface area contributed by atoms with Crippen LogP contribution in [0.2, 0.25) is 0 Å². The summed E-state index contributed by atoms with van der Waals surface area (Å²) in [5, 5.41) is 0. The molecule has 0 aliphatic heterocycles. The molecule has 0 saturated carbocycles. The summed E-state index contributed by atoms with van der Waals surface area (Å²) in [4.78, 5) is 0. The molecule has 5 heteroatoms. The smallest absolute Gasteiger partial charge is 0.157 e. The highest BCUT2D eigenvalue weighted by atomic mass is 16.5. The second kappa shape index (κ2) is 25.1. The van der Waals surface area contributed by atoms with E-state index in [4.69, 9.17) is 14.2 Å². The Morgan fingerprint density at radius 1 is 0.469 bits per heavy atom. The highest BCUT2D eigenvalue weighted by Crippen LogP contribution is 2.31. The van der Waals surface area contributed by atoms with Crippen molar-refractivity contribution in [3.63, 3.8) is 0 Å². The summed E-state index contributed by atoms with van der Waals surface area (Å²) in [5.41, 5.74) is 4.14. The van der Waals surface area contributed by atoms with Crippen LogP contribution < -0.4 is 14.2 Å². The Labute approximate surface area is 302 Å². The van der Waals surface area contributed by atoms with Gasteiger partial charge in [0.2, 0.25) is 0 Å². The highest BCUT2D eigenvalue weighted by molar-refractivity contribution is 6.59. The van der Waals surface area contributed by atoms with Crippen LogP contribution in [-0.2, 0) is 12.6 Å². The summed E-state index contributed by atoms with van der Waals surface area (Å²) < 4.78 is 17.6. The van der Waals surface area contributed by atoms with Crippen molar-refractivity contribution in [3.8, 4) is 17.2 Å². The molecule has 0 amide bonds. The number of hydrogen-bond donors (Lipinski definition) is 0. The number of hydrogen-bond acceptors (Lipinski definition) is 3. The number of ether oxygens (including phenoxy) is 3. The summed E-state index contributed by atoms with van der Waals surface area (Å²) in [5.74, 6) is 3.22. The molecule has 0 heterocycles. The molecule has 0 bridgehead atoms. The van der Waals surface area contributed by atoms with Gasteiger partial charge in [-0.2, -0.15) is 0 Å². The molecular weight excluding hydrogens is 601 g/mol. The van der Waals surface area contributed by atoms with Gasteiger partial charge in [0.15, 0.2) is 6.71 Å². The van der Waals surface area contributed by atoms with Gasteiger partial charge in [0.25, 0.3) is 0 Å². The number of nitrogens with zero attached hydrogens (tertiary/aromatic N) is 1. The quantitative estimate of drug-likeness (QED) is 0.0538. The maximum absolute atomic E-state index is 5.49. The number of rotatable bonds is 24. The molecular formula is C44H71BNO3+. The summed E-state index contributed by atoms with van der Waals surface area (Å²) >= 11 is 0. The van der Waals surface area contributed by atoms with Gasteiger partial charge in [-0.1, -0.05) is 131 Å². The van der Waals surface area contributed by atoms with Crippen molar-refractivity contribution in [1.29, 1.82) is 0 Å². The normalized spacial score (nSPS) is 11.8. The molecule has 3 rings (SSSR count). The zero-order valence-electron chi connectivity index (χ0n) is 32.8. The summed E-state index contributed by atoms with van der Waals surface area (Å²) in [7, 11) is 5.20. The van der Waals surface area contributed by atoms with Gasteiger partial charge in [0.1, 0.15) is 17.2 Å². The van der Waals surface area contributed by atoms with E-state index in [1.54, 1.807) is 21.3 Å². The molecule has 3 aromatic carbocycles. The van der Waals surface area contributed by atoms with Crippen LogP contribution in [0.15, 0.2) is 72.8 Å². The van der Waals surface area contributed by atoms with Crippen LogP contribution in [0.4, 0.5) is 0 Å². The maximum Gasteiger partial charge on any atom is 0.157 e. The van der Waals surface area contributed by atoms with Gasteiger partial charge in [-0.15, -0.1) is 0 Å². The molecule has 49 heavy (non-hydrogen) atoms. The lowest BCUT2D eigenvalue weighted by Gasteiger charge is -2.34. The molecule has 1 unspecified atom stereocenters. The first kappa shape index (κ1) is 42.3. The zero-order chi connectivity index (χ0) is 35.7. The monoisotopic (exact) mass is 673 g/mol. The molecule has 4 nitrogen and oxygen atoms in total. The summed E-state index contributed by atoms with van der Waals surface area (Å²) in [6.07, 6.45) is 16.9. The lowest BCUT2D eigenvalue weighted by atomic mass is 9.34. The molecule has 0 aliphatic carbocycles. The first-order chi connectivity index (χ1) is 23.9. The summed E-state index contributed by atoms with van der Waals surface area (Å²) in [6.45, 7) is 17.0. The predicted molar refractivity (Wildman–Crippen MR) is 214 cm³/mol. The Morgan fingerprint density at radius 2 is 0.816 bits per heavy atom. The Hall–Kier alpha value is -2.92. The fraction of sp³-hybridized carbons (Fsp3) is 0.591. The van der Waals surface area contributed by atoms with E-state index in [2.05, 4.69) is 107 Å². The molecule has 0 fully saturated rings. The van der Waals surface area contributed by atoms with Crippen molar-refractivity contribution in [3.05, 3.63) is 89.5 Å². The standard InChI is InChI=1S/C36H51BO3.C8H20N/c1-5-6-7-8-9-10-11-12-13-14-15-36(32-20-26-35(40-4)27-21-32)37(28-30-16-22-33(38-2)23-17-30)29-31-18-24-34(39-3)25-19-31;1-5-9(6-2,7-3)8-4/h16-27,36H,5-15,28-29H2,1-4H3;5-8H2,1-4H3/q;+1. The van der Waals surface area contributed by atoms with Crippen molar-refractivity contribution >= 4 is 6.71 Å². The van der Waals surface area contributed by atoms with Gasteiger partial charge in [0, 0.05) is 0 Å². The van der Waals surface area contributed by atoms with Crippen molar-refractivity contribution in [2.24, 2.45) is 0 Å². The van der Waals surface area contributed by atoms with Gasteiger partial charge in [-0.3, -0.25) is 0 Å². The van der Waals surface area contributed by atoms with Crippen LogP contribution in [0.25, 0.3) is 0 Å². The number of benzene rings is 3. The molecule has 3 aromatic rings. The van der Waals surface area contributed by atoms with Crippen LogP contribution >= 0.6 is 0 Å². The lowest BCUT2D eigenvalue weighted by Crippen LogP contribution is -2.47. The van der Waals surface area contributed by atoms with E-state index >= 15 is 0 Å². The van der Waals surface area contributed by atoms with E-state index in [1.165, 1.54) is 118 Å². The minimum atomic E-state index is 0.476. The van der Waals surface area contributed by atoms with E-state index in [-0.39, 0.29) is 0 Å². The number of quaternary nitrogens is 1. The molecule has 272 valence electrons. The molecule has 0 N–H and O–H groups in total. The maximum atomic E-state index is 5.49. The zero-order valence-corrected chi connectivity index (χ0v) is 32.8. The fourth-order valence-corrected chi connectivity index (χ4v) is 7.20. The minimum Gasteiger partial charge on any atom is -0.497 e. The Bertz CT molecular complexity index is 1140. The Kier molecular flexibility index (Phi) is 21.6.